The molecule has 0 aromatic carbocycles. The third-order valence-corrected chi connectivity index (χ3v) is 1.83. The standard InChI is InChI=1S/C9H16N2/c1-2-5-11-6-3-9(8-10)4-7-11/h3-4,6H,2,5,7-8,10H2,1H3. The van der Waals surface area contributed by atoms with Gasteiger partial charge in [-0.3, -0.25) is 0 Å². The molecule has 0 spiro atoms. The van der Waals surface area contributed by atoms with Gasteiger partial charge in [0.25, 0.3) is 0 Å². The van der Waals surface area contributed by atoms with Crippen LogP contribution in [0.4, 0.5) is 0 Å². The minimum atomic E-state index is 0.663. The molecule has 0 unspecified atom stereocenters. The van der Waals surface area contributed by atoms with E-state index in [-0.39, 0.29) is 0 Å². The third kappa shape index (κ3) is 2.39. The Labute approximate surface area is 68.4 Å². The second-order valence-corrected chi connectivity index (χ2v) is 2.79. The molecular formula is C9H16N2. The molecule has 0 fully saturated rings. The summed E-state index contributed by atoms with van der Waals surface area (Å²) in [5, 5.41) is 0. The maximum atomic E-state index is 5.48. The van der Waals surface area contributed by atoms with Crippen molar-refractivity contribution in [2.45, 2.75) is 13.3 Å². The molecule has 11 heavy (non-hydrogen) atoms. The van der Waals surface area contributed by atoms with Crippen LogP contribution in [-0.4, -0.2) is 24.5 Å². The van der Waals surface area contributed by atoms with Gasteiger partial charge in [-0.15, -0.1) is 0 Å². The molecule has 2 heteroatoms. The van der Waals surface area contributed by atoms with Crippen LogP contribution in [0.15, 0.2) is 23.9 Å². The zero-order valence-corrected chi connectivity index (χ0v) is 7.09. The van der Waals surface area contributed by atoms with Crippen molar-refractivity contribution in [2.24, 2.45) is 5.73 Å². The molecule has 62 valence electrons. The average Bonchev–Trinajstić information content (AvgIpc) is 2.07. The van der Waals surface area contributed by atoms with Crippen LogP contribution < -0.4 is 5.73 Å². The van der Waals surface area contributed by atoms with E-state index in [9.17, 15) is 0 Å². The van der Waals surface area contributed by atoms with Gasteiger partial charge in [-0.05, 0) is 24.3 Å². The van der Waals surface area contributed by atoms with Gasteiger partial charge in [0.15, 0.2) is 0 Å². The molecule has 0 aliphatic carbocycles. The summed E-state index contributed by atoms with van der Waals surface area (Å²) < 4.78 is 0. The maximum Gasteiger partial charge on any atom is 0.0360 e. The molecule has 0 atom stereocenters. The van der Waals surface area contributed by atoms with Crippen molar-refractivity contribution in [3.8, 4) is 0 Å². The Morgan fingerprint density at radius 2 is 2.45 bits per heavy atom. The first-order chi connectivity index (χ1) is 5.36. The lowest BCUT2D eigenvalue weighted by Crippen LogP contribution is -2.21. The van der Waals surface area contributed by atoms with Crippen molar-refractivity contribution in [1.82, 2.24) is 4.90 Å². The Morgan fingerprint density at radius 1 is 1.64 bits per heavy atom. The van der Waals surface area contributed by atoms with Crippen molar-refractivity contribution in [3.63, 3.8) is 0 Å². The van der Waals surface area contributed by atoms with Crippen LogP contribution in [0.2, 0.25) is 0 Å². The molecule has 1 aliphatic heterocycles. The highest BCUT2D eigenvalue weighted by Gasteiger charge is 2.00. The first-order valence-electron chi connectivity index (χ1n) is 4.18. The Bertz CT molecular complexity index is 170. The lowest BCUT2D eigenvalue weighted by molar-refractivity contribution is 0.409. The molecular weight excluding hydrogens is 136 g/mol. The molecule has 1 heterocycles. The molecule has 0 saturated carbocycles. The third-order valence-electron chi connectivity index (χ3n) is 1.83. The van der Waals surface area contributed by atoms with Crippen molar-refractivity contribution in [2.75, 3.05) is 19.6 Å². The predicted octanol–water partition coefficient (Wildman–Crippen LogP) is 1.11. The fourth-order valence-corrected chi connectivity index (χ4v) is 1.17. The summed E-state index contributed by atoms with van der Waals surface area (Å²) in [6, 6.07) is 0. The number of nitrogens with two attached hydrogens (primary N) is 1. The van der Waals surface area contributed by atoms with E-state index in [1.807, 2.05) is 0 Å². The van der Waals surface area contributed by atoms with E-state index in [2.05, 4.69) is 30.2 Å². The minimum absolute atomic E-state index is 0.663. The lowest BCUT2D eigenvalue weighted by atomic mass is 10.2. The zero-order chi connectivity index (χ0) is 8.10. The van der Waals surface area contributed by atoms with Gasteiger partial charge in [0.2, 0.25) is 0 Å². The van der Waals surface area contributed by atoms with E-state index < -0.39 is 0 Å². The van der Waals surface area contributed by atoms with Crippen LogP contribution in [0.3, 0.4) is 0 Å². The van der Waals surface area contributed by atoms with Crippen LogP contribution in [0.25, 0.3) is 0 Å². The predicted molar refractivity (Wildman–Crippen MR) is 48.1 cm³/mol. The van der Waals surface area contributed by atoms with Gasteiger partial charge in [0.1, 0.15) is 0 Å². The zero-order valence-electron chi connectivity index (χ0n) is 7.09. The summed E-state index contributed by atoms with van der Waals surface area (Å²) in [4.78, 5) is 2.29. The van der Waals surface area contributed by atoms with Gasteiger partial charge in [-0.25, -0.2) is 0 Å². The minimum Gasteiger partial charge on any atom is -0.374 e. The Hall–Kier alpha value is -0.760. The highest BCUT2D eigenvalue weighted by molar-refractivity contribution is 5.23. The molecule has 0 radical (unpaired) electrons. The summed E-state index contributed by atoms with van der Waals surface area (Å²) in [5.74, 6) is 0. The first-order valence-corrected chi connectivity index (χ1v) is 4.18. The van der Waals surface area contributed by atoms with Gasteiger partial charge in [-0.2, -0.15) is 0 Å². The van der Waals surface area contributed by atoms with Gasteiger partial charge in [0.05, 0.1) is 0 Å². The van der Waals surface area contributed by atoms with E-state index in [4.69, 9.17) is 5.73 Å². The van der Waals surface area contributed by atoms with Crippen LogP contribution in [0.1, 0.15) is 13.3 Å². The molecule has 2 N–H and O–H groups in total. The highest BCUT2D eigenvalue weighted by atomic mass is 15.1. The number of nitrogens with zero attached hydrogens (tertiary/aromatic N) is 1. The first kappa shape index (κ1) is 8.34. The normalized spacial score (nSPS) is 16.9. The van der Waals surface area contributed by atoms with Crippen molar-refractivity contribution in [1.29, 1.82) is 0 Å². The van der Waals surface area contributed by atoms with Crippen molar-refractivity contribution < 1.29 is 0 Å². The summed E-state index contributed by atoms with van der Waals surface area (Å²) in [7, 11) is 0. The van der Waals surface area contributed by atoms with Crippen LogP contribution in [0, 0.1) is 0 Å². The van der Waals surface area contributed by atoms with E-state index in [0.29, 0.717) is 6.54 Å². The van der Waals surface area contributed by atoms with E-state index >= 15 is 0 Å². The number of hydrogen-bond donors (Lipinski definition) is 1. The largest absolute Gasteiger partial charge is 0.374 e. The lowest BCUT2D eigenvalue weighted by Gasteiger charge is -2.21. The fraction of sp³-hybridized carbons (Fsp3) is 0.556. The van der Waals surface area contributed by atoms with Crippen LogP contribution in [0.5, 0.6) is 0 Å². The average molecular weight is 152 g/mol. The quantitative estimate of drug-likeness (QED) is 0.656. The Kier molecular flexibility index (Phi) is 3.17. The van der Waals surface area contributed by atoms with Crippen molar-refractivity contribution in [3.05, 3.63) is 23.9 Å². The second-order valence-electron chi connectivity index (χ2n) is 2.79. The second kappa shape index (κ2) is 4.19. The molecule has 0 amide bonds. The molecule has 1 aliphatic rings. The fourth-order valence-electron chi connectivity index (χ4n) is 1.17. The molecule has 0 saturated heterocycles. The SMILES string of the molecule is CCCN1C=CC(CN)=CC1. The number of rotatable bonds is 3. The summed E-state index contributed by atoms with van der Waals surface area (Å²) >= 11 is 0. The van der Waals surface area contributed by atoms with E-state index in [1.165, 1.54) is 12.0 Å². The smallest absolute Gasteiger partial charge is 0.0360 e. The monoisotopic (exact) mass is 152 g/mol. The number of hydrogen-bond acceptors (Lipinski definition) is 2. The van der Waals surface area contributed by atoms with Gasteiger partial charge in [0, 0.05) is 19.6 Å². The Balaban J connectivity index is 2.37. The van der Waals surface area contributed by atoms with Crippen LogP contribution in [-0.2, 0) is 0 Å². The van der Waals surface area contributed by atoms with Gasteiger partial charge in [-0.1, -0.05) is 13.0 Å². The van der Waals surface area contributed by atoms with Gasteiger partial charge >= 0.3 is 0 Å². The topological polar surface area (TPSA) is 29.3 Å². The molecule has 2 nitrogen and oxygen atoms in total. The summed E-state index contributed by atoms with van der Waals surface area (Å²) in [6.45, 7) is 5.02. The van der Waals surface area contributed by atoms with Crippen molar-refractivity contribution >= 4 is 0 Å². The molecule has 0 bridgehead atoms. The van der Waals surface area contributed by atoms with E-state index in [0.717, 1.165) is 13.1 Å². The Morgan fingerprint density at radius 3 is 2.91 bits per heavy atom. The molecule has 0 aromatic heterocycles. The summed E-state index contributed by atoms with van der Waals surface area (Å²) in [5.41, 5.74) is 6.73. The highest BCUT2D eigenvalue weighted by Crippen LogP contribution is 2.05. The molecule has 0 aromatic rings. The molecule has 1 rings (SSSR count). The van der Waals surface area contributed by atoms with Crippen LogP contribution >= 0.6 is 0 Å². The maximum absolute atomic E-state index is 5.48. The van der Waals surface area contributed by atoms with E-state index in [1.54, 1.807) is 0 Å². The van der Waals surface area contributed by atoms with Gasteiger partial charge < -0.3 is 10.6 Å². The summed E-state index contributed by atoms with van der Waals surface area (Å²) in [6.07, 6.45) is 7.62.